The molecule has 5 N–H and O–H groups in total. The van der Waals surface area contributed by atoms with Crippen molar-refractivity contribution < 1.29 is 23.9 Å². The average molecular weight is 394 g/mol. The lowest BCUT2D eigenvalue weighted by Gasteiger charge is -2.24. The highest BCUT2D eigenvalue weighted by molar-refractivity contribution is 7.89. The minimum atomic E-state index is -4.06. The van der Waals surface area contributed by atoms with E-state index in [0.717, 1.165) is 25.9 Å². The van der Waals surface area contributed by atoms with Crippen molar-refractivity contribution in [3.63, 3.8) is 0 Å². The number of quaternary nitrogens is 1. The summed E-state index contributed by atoms with van der Waals surface area (Å²) in [6.45, 7) is 1.58. The van der Waals surface area contributed by atoms with E-state index in [1.807, 2.05) is 18.2 Å². The fourth-order valence-corrected chi connectivity index (χ4v) is 3.72. The molecule has 0 saturated carbocycles. The fourth-order valence-electron chi connectivity index (χ4n) is 2.90. The van der Waals surface area contributed by atoms with Crippen LogP contribution in [0.3, 0.4) is 0 Å². The van der Waals surface area contributed by atoms with Gasteiger partial charge in [0.25, 0.3) is 5.05 Å². The Labute approximate surface area is 157 Å². The molecule has 3 rings (SSSR count). The second-order valence-electron chi connectivity index (χ2n) is 5.91. The highest BCUT2D eigenvalue weighted by atomic mass is 32.2. The second kappa shape index (κ2) is 7.58. The molecule has 0 bridgehead atoms. The maximum Gasteiger partial charge on any atom is 0.260 e. The highest BCUT2D eigenvalue weighted by Gasteiger charge is 2.27. The third-order valence-corrected chi connectivity index (χ3v) is 5.39. The number of sulfonamides is 1. The molecule has 1 saturated heterocycles. The molecular weight excluding hydrogens is 374 g/mol. The first-order chi connectivity index (χ1) is 12.4. The first-order valence-corrected chi connectivity index (χ1v) is 10.0. The van der Waals surface area contributed by atoms with Crippen LogP contribution in [0, 0.1) is 0 Å². The van der Waals surface area contributed by atoms with Gasteiger partial charge in [-0.25, -0.2) is 13.6 Å². The van der Waals surface area contributed by atoms with Gasteiger partial charge in [0.1, 0.15) is 10.6 Å². The SMILES string of the molecule is NS(=O)(=O)c1cc(C(=S)O[NH3+])cc(N2CCCC2)c1Oc1ccccc1. The van der Waals surface area contributed by atoms with Gasteiger partial charge in [0.15, 0.2) is 5.75 Å². The molecule has 0 aromatic heterocycles. The predicted octanol–water partition coefficient (Wildman–Crippen LogP) is 1.58. The van der Waals surface area contributed by atoms with Gasteiger partial charge < -0.3 is 14.5 Å². The Kier molecular flexibility index (Phi) is 5.42. The van der Waals surface area contributed by atoms with Gasteiger partial charge in [-0.2, -0.15) is 5.90 Å². The minimum absolute atomic E-state index is 0.0848. The van der Waals surface area contributed by atoms with Crippen LogP contribution >= 0.6 is 12.2 Å². The monoisotopic (exact) mass is 394 g/mol. The van der Waals surface area contributed by atoms with E-state index in [0.29, 0.717) is 17.0 Å². The number of nitrogens with two attached hydrogens (primary N) is 1. The summed E-state index contributed by atoms with van der Waals surface area (Å²) in [4.78, 5) is 6.79. The highest BCUT2D eigenvalue weighted by Crippen LogP contribution is 2.40. The number of thiocarbonyl (C=S) groups is 1. The molecule has 1 aliphatic heterocycles. The first-order valence-electron chi connectivity index (χ1n) is 8.05. The molecule has 0 amide bonds. The molecule has 138 valence electrons. The van der Waals surface area contributed by atoms with E-state index in [9.17, 15) is 8.42 Å². The average Bonchev–Trinajstić information content (AvgIpc) is 3.15. The standard InChI is InChI=1S/C17H20N3O4S2/c18-24-17(25)12-10-14(20-8-4-5-9-20)16(15(11-12)26(19,21)22)23-13-6-2-1-3-7-13/h1-3,6-7,10-11H,4-5,8-9H2,18H3,(H2,19,21,22)/q+1. The topological polar surface area (TPSA) is 110 Å². The van der Waals surface area contributed by atoms with Gasteiger partial charge >= 0.3 is 0 Å². The van der Waals surface area contributed by atoms with Crippen molar-refractivity contribution in [3.8, 4) is 11.5 Å². The predicted molar refractivity (Wildman–Crippen MR) is 101 cm³/mol. The largest absolute Gasteiger partial charge is 0.454 e. The van der Waals surface area contributed by atoms with Gasteiger partial charge in [-0.05, 0) is 49.3 Å². The quantitative estimate of drug-likeness (QED) is 0.589. The number of hydrogen-bond donors (Lipinski definition) is 2. The molecular formula is C17H20N3O4S2+. The summed E-state index contributed by atoms with van der Waals surface area (Å²) in [5.74, 6) is 4.01. The number of anilines is 1. The summed E-state index contributed by atoms with van der Waals surface area (Å²) in [7, 11) is -4.06. The fraction of sp³-hybridized carbons (Fsp3) is 0.235. The van der Waals surface area contributed by atoms with Gasteiger partial charge in [-0.15, -0.1) is 0 Å². The molecule has 0 radical (unpaired) electrons. The Morgan fingerprint density at radius 3 is 2.38 bits per heavy atom. The van der Waals surface area contributed by atoms with Crippen molar-refractivity contribution >= 4 is 33.0 Å². The van der Waals surface area contributed by atoms with Crippen LogP contribution in [-0.4, -0.2) is 26.6 Å². The maximum atomic E-state index is 12.3. The van der Waals surface area contributed by atoms with Gasteiger partial charge in [-0.1, -0.05) is 18.2 Å². The Morgan fingerprint density at radius 2 is 1.81 bits per heavy atom. The van der Waals surface area contributed by atoms with Crippen molar-refractivity contribution in [1.29, 1.82) is 0 Å². The van der Waals surface area contributed by atoms with E-state index >= 15 is 0 Å². The molecule has 7 nitrogen and oxygen atoms in total. The number of nitrogens with zero attached hydrogens (tertiary/aromatic N) is 1. The van der Waals surface area contributed by atoms with Crippen molar-refractivity contribution in [2.75, 3.05) is 18.0 Å². The number of para-hydroxylation sites is 1. The Balaban J connectivity index is 2.21. The van der Waals surface area contributed by atoms with Gasteiger partial charge in [0.2, 0.25) is 10.0 Å². The number of benzene rings is 2. The lowest BCUT2D eigenvalue weighted by molar-refractivity contribution is -0.647. The Morgan fingerprint density at radius 1 is 1.15 bits per heavy atom. The van der Waals surface area contributed by atoms with Crippen molar-refractivity contribution in [2.45, 2.75) is 17.7 Å². The summed E-state index contributed by atoms with van der Waals surface area (Å²) >= 11 is 5.13. The summed E-state index contributed by atoms with van der Waals surface area (Å²) in [6, 6.07) is 12.1. The lowest BCUT2D eigenvalue weighted by Crippen LogP contribution is -2.50. The molecule has 1 fully saturated rings. The lowest BCUT2D eigenvalue weighted by atomic mass is 10.1. The molecule has 2 aromatic rings. The van der Waals surface area contributed by atoms with Crippen LogP contribution < -0.4 is 20.7 Å². The van der Waals surface area contributed by atoms with Crippen LogP contribution in [0.25, 0.3) is 0 Å². The third kappa shape index (κ3) is 3.96. The summed E-state index contributed by atoms with van der Waals surface area (Å²) in [5, 5.41) is 5.55. The van der Waals surface area contributed by atoms with Crippen LogP contribution in [0.15, 0.2) is 47.4 Å². The van der Waals surface area contributed by atoms with Crippen LogP contribution in [0.2, 0.25) is 0 Å². The van der Waals surface area contributed by atoms with Crippen LogP contribution in [-0.2, 0) is 14.9 Å². The molecule has 2 aromatic carbocycles. The van der Waals surface area contributed by atoms with Crippen LogP contribution in [0.5, 0.6) is 11.5 Å². The van der Waals surface area contributed by atoms with Gasteiger partial charge in [0, 0.05) is 18.7 Å². The van der Waals surface area contributed by atoms with Crippen LogP contribution in [0.1, 0.15) is 18.4 Å². The van der Waals surface area contributed by atoms with E-state index in [2.05, 4.69) is 10.8 Å². The number of rotatable bonds is 5. The summed E-state index contributed by atoms with van der Waals surface area (Å²) in [5.41, 5.74) is 1.04. The van der Waals surface area contributed by atoms with Crippen molar-refractivity contribution in [2.24, 2.45) is 5.14 Å². The molecule has 0 atom stereocenters. The van der Waals surface area contributed by atoms with Gasteiger partial charge in [0.05, 0.1) is 5.69 Å². The Bertz CT molecular complexity index is 911. The summed E-state index contributed by atoms with van der Waals surface area (Å²) < 4.78 is 30.5. The second-order valence-corrected chi connectivity index (χ2v) is 7.81. The normalized spacial score (nSPS) is 14.3. The van der Waals surface area contributed by atoms with Crippen LogP contribution in [0.4, 0.5) is 5.69 Å². The number of ether oxygens (including phenoxy) is 1. The van der Waals surface area contributed by atoms with E-state index in [1.165, 1.54) is 6.07 Å². The van der Waals surface area contributed by atoms with E-state index < -0.39 is 10.0 Å². The number of primary sulfonamides is 1. The smallest absolute Gasteiger partial charge is 0.260 e. The number of hydrogen-bond acceptors (Lipinski definition) is 6. The maximum absolute atomic E-state index is 12.3. The zero-order chi connectivity index (χ0) is 18.7. The van der Waals surface area contributed by atoms with E-state index in [-0.39, 0.29) is 15.7 Å². The summed E-state index contributed by atoms with van der Waals surface area (Å²) in [6.07, 6.45) is 2.02. The van der Waals surface area contributed by atoms with Crippen molar-refractivity contribution in [3.05, 3.63) is 48.0 Å². The molecule has 0 aliphatic carbocycles. The molecule has 1 heterocycles. The van der Waals surface area contributed by atoms with E-state index in [1.54, 1.807) is 18.2 Å². The molecule has 0 spiro atoms. The van der Waals surface area contributed by atoms with Gasteiger partial charge in [-0.3, -0.25) is 0 Å². The van der Waals surface area contributed by atoms with E-state index in [4.69, 9.17) is 26.9 Å². The minimum Gasteiger partial charge on any atom is -0.454 e. The Hall–Kier alpha value is -2.20. The molecule has 9 heteroatoms. The van der Waals surface area contributed by atoms with Crippen molar-refractivity contribution in [1.82, 2.24) is 0 Å². The molecule has 1 aliphatic rings. The first kappa shape index (κ1) is 18.6. The zero-order valence-electron chi connectivity index (χ0n) is 14.1. The zero-order valence-corrected chi connectivity index (χ0v) is 15.7. The third-order valence-electron chi connectivity index (χ3n) is 4.12. The molecule has 0 unspecified atom stereocenters. The molecule has 26 heavy (non-hydrogen) atoms.